The lowest BCUT2D eigenvalue weighted by atomic mass is 10.2. The molecule has 1 rings (SSSR count). The highest BCUT2D eigenvalue weighted by molar-refractivity contribution is 9.11. The van der Waals surface area contributed by atoms with Gasteiger partial charge in [-0.05, 0) is 63.4 Å². The molecule has 96 valence electrons. The zero-order chi connectivity index (χ0) is 13.2. The number of aryl methyl sites for hydroxylation is 1. The van der Waals surface area contributed by atoms with Crippen molar-refractivity contribution in [3.63, 3.8) is 0 Å². The van der Waals surface area contributed by atoms with Crippen molar-refractivity contribution in [2.45, 2.75) is 19.1 Å². The lowest BCUT2D eigenvalue weighted by Crippen LogP contribution is -2.31. The molecule has 0 saturated carbocycles. The van der Waals surface area contributed by atoms with E-state index in [9.17, 15) is 8.42 Å². The Morgan fingerprint density at radius 1 is 1.35 bits per heavy atom. The monoisotopic (exact) mass is 384 g/mol. The zero-order valence-corrected chi connectivity index (χ0v) is 13.5. The van der Waals surface area contributed by atoms with Gasteiger partial charge in [-0.2, -0.15) is 0 Å². The molecule has 1 aromatic carbocycles. The quantitative estimate of drug-likeness (QED) is 0.836. The molecule has 0 heterocycles. The SMILES string of the molecule is Cc1cc(Br)c(NS(=O)(=O)C(C)CN)c(Br)c1. The Labute approximate surface area is 118 Å². The molecular weight excluding hydrogens is 372 g/mol. The summed E-state index contributed by atoms with van der Waals surface area (Å²) in [5, 5.41) is -0.636. The van der Waals surface area contributed by atoms with E-state index in [0.717, 1.165) is 5.56 Å². The molecule has 0 saturated heterocycles. The number of rotatable bonds is 4. The van der Waals surface area contributed by atoms with Gasteiger partial charge in [-0.15, -0.1) is 0 Å². The number of anilines is 1. The number of benzene rings is 1. The lowest BCUT2D eigenvalue weighted by Gasteiger charge is -2.15. The molecule has 0 amide bonds. The molecule has 17 heavy (non-hydrogen) atoms. The van der Waals surface area contributed by atoms with Gasteiger partial charge in [-0.25, -0.2) is 8.42 Å². The first-order valence-corrected chi connectivity index (χ1v) is 8.08. The molecule has 0 fully saturated rings. The number of hydrogen-bond donors (Lipinski definition) is 2. The van der Waals surface area contributed by atoms with E-state index in [1.807, 2.05) is 19.1 Å². The highest BCUT2D eigenvalue weighted by Crippen LogP contribution is 2.33. The second kappa shape index (κ2) is 5.69. The summed E-state index contributed by atoms with van der Waals surface area (Å²) in [6, 6.07) is 3.69. The van der Waals surface area contributed by atoms with Crippen LogP contribution in [-0.4, -0.2) is 20.2 Å². The summed E-state index contributed by atoms with van der Waals surface area (Å²) in [4.78, 5) is 0. The van der Waals surface area contributed by atoms with Crippen LogP contribution in [0.3, 0.4) is 0 Å². The normalized spacial score (nSPS) is 13.5. The second-order valence-corrected chi connectivity index (χ2v) is 7.60. The van der Waals surface area contributed by atoms with E-state index in [4.69, 9.17) is 5.73 Å². The van der Waals surface area contributed by atoms with Crippen LogP contribution in [0.5, 0.6) is 0 Å². The highest BCUT2D eigenvalue weighted by Gasteiger charge is 2.21. The van der Waals surface area contributed by atoms with E-state index in [2.05, 4.69) is 36.6 Å². The Kier molecular flexibility index (Phi) is 5.00. The summed E-state index contributed by atoms with van der Waals surface area (Å²) < 4.78 is 27.7. The average molecular weight is 386 g/mol. The van der Waals surface area contributed by atoms with Crippen LogP contribution < -0.4 is 10.5 Å². The molecule has 0 aromatic heterocycles. The topological polar surface area (TPSA) is 72.2 Å². The first-order chi connectivity index (χ1) is 7.77. The van der Waals surface area contributed by atoms with Crippen LogP contribution in [0.25, 0.3) is 0 Å². The Morgan fingerprint density at radius 3 is 2.24 bits per heavy atom. The van der Waals surface area contributed by atoms with Gasteiger partial charge in [0.15, 0.2) is 0 Å². The molecule has 0 aliphatic rings. The first-order valence-electron chi connectivity index (χ1n) is 4.95. The molecular formula is C10H14Br2N2O2S. The third kappa shape index (κ3) is 3.67. The number of halogens is 2. The molecule has 0 aliphatic carbocycles. The molecule has 0 bridgehead atoms. The van der Waals surface area contributed by atoms with Gasteiger partial charge < -0.3 is 5.73 Å². The standard InChI is InChI=1S/C10H14Br2N2O2S/c1-6-3-8(11)10(9(12)4-6)14-17(15,16)7(2)5-13/h3-4,7,14H,5,13H2,1-2H3. The number of nitrogens with one attached hydrogen (secondary N) is 1. The van der Waals surface area contributed by atoms with Crippen molar-refractivity contribution < 1.29 is 8.42 Å². The predicted octanol–water partition coefficient (Wildman–Crippen LogP) is 2.61. The van der Waals surface area contributed by atoms with Gasteiger partial charge in [0.05, 0.1) is 10.9 Å². The smallest absolute Gasteiger partial charge is 0.236 e. The molecule has 7 heteroatoms. The summed E-state index contributed by atoms with van der Waals surface area (Å²) in [5.41, 5.74) is 6.89. The van der Waals surface area contributed by atoms with Gasteiger partial charge in [-0.1, -0.05) is 0 Å². The fourth-order valence-electron chi connectivity index (χ4n) is 1.17. The van der Waals surface area contributed by atoms with Crippen molar-refractivity contribution in [3.8, 4) is 0 Å². The van der Waals surface area contributed by atoms with Gasteiger partial charge in [-0.3, -0.25) is 4.72 Å². The Bertz CT molecular complexity index is 494. The molecule has 1 unspecified atom stereocenters. The van der Waals surface area contributed by atoms with E-state index < -0.39 is 15.3 Å². The largest absolute Gasteiger partial charge is 0.329 e. The van der Waals surface area contributed by atoms with E-state index in [-0.39, 0.29) is 6.54 Å². The van der Waals surface area contributed by atoms with Crippen LogP contribution in [0.15, 0.2) is 21.1 Å². The van der Waals surface area contributed by atoms with Crippen LogP contribution in [0.2, 0.25) is 0 Å². The highest BCUT2D eigenvalue weighted by atomic mass is 79.9. The van der Waals surface area contributed by atoms with Gasteiger partial charge in [0, 0.05) is 15.5 Å². The Hall–Kier alpha value is -0.110. The zero-order valence-electron chi connectivity index (χ0n) is 9.50. The van der Waals surface area contributed by atoms with Crippen molar-refractivity contribution in [1.29, 1.82) is 0 Å². The number of hydrogen-bond acceptors (Lipinski definition) is 3. The molecule has 0 aliphatic heterocycles. The molecule has 4 nitrogen and oxygen atoms in total. The first kappa shape index (κ1) is 14.9. The lowest BCUT2D eigenvalue weighted by molar-refractivity contribution is 0.589. The van der Waals surface area contributed by atoms with Gasteiger partial charge >= 0.3 is 0 Å². The molecule has 0 spiro atoms. The minimum atomic E-state index is -3.46. The van der Waals surface area contributed by atoms with Crippen LogP contribution >= 0.6 is 31.9 Å². The second-order valence-electron chi connectivity index (χ2n) is 3.80. The number of sulfonamides is 1. The van der Waals surface area contributed by atoms with Gasteiger partial charge in [0.2, 0.25) is 10.0 Å². The fraction of sp³-hybridized carbons (Fsp3) is 0.400. The maximum atomic E-state index is 11.9. The molecule has 1 aromatic rings. The van der Waals surface area contributed by atoms with Crippen molar-refractivity contribution >= 4 is 47.6 Å². The maximum Gasteiger partial charge on any atom is 0.236 e. The van der Waals surface area contributed by atoms with E-state index in [1.54, 1.807) is 6.92 Å². The van der Waals surface area contributed by atoms with Crippen LogP contribution in [-0.2, 0) is 10.0 Å². The Morgan fingerprint density at radius 2 is 1.82 bits per heavy atom. The molecule has 1 atom stereocenters. The van der Waals surface area contributed by atoms with Crippen LogP contribution in [0.1, 0.15) is 12.5 Å². The predicted molar refractivity (Wildman–Crippen MR) is 77.6 cm³/mol. The Balaban J connectivity index is 3.13. The number of nitrogens with two attached hydrogens (primary N) is 1. The van der Waals surface area contributed by atoms with Crippen molar-refractivity contribution in [2.24, 2.45) is 5.73 Å². The third-order valence-electron chi connectivity index (χ3n) is 2.29. The van der Waals surface area contributed by atoms with Gasteiger partial charge in [0.1, 0.15) is 0 Å². The maximum absolute atomic E-state index is 11.9. The summed E-state index contributed by atoms with van der Waals surface area (Å²) in [5.74, 6) is 0. The average Bonchev–Trinajstić information content (AvgIpc) is 2.22. The van der Waals surface area contributed by atoms with Crippen LogP contribution in [0, 0.1) is 6.92 Å². The molecule has 3 N–H and O–H groups in total. The van der Waals surface area contributed by atoms with Crippen molar-refractivity contribution in [2.75, 3.05) is 11.3 Å². The summed E-state index contributed by atoms with van der Waals surface area (Å²) >= 11 is 6.67. The van der Waals surface area contributed by atoms with Crippen LogP contribution in [0.4, 0.5) is 5.69 Å². The summed E-state index contributed by atoms with van der Waals surface area (Å²) in [6.07, 6.45) is 0. The minimum absolute atomic E-state index is 0.0798. The van der Waals surface area contributed by atoms with Crippen molar-refractivity contribution in [1.82, 2.24) is 0 Å². The van der Waals surface area contributed by atoms with E-state index in [0.29, 0.717) is 14.6 Å². The molecule has 0 radical (unpaired) electrons. The minimum Gasteiger partial charge on any atom is -0.329 e. The van der Waals surface area contributed by atoms with Crippen molar-refractivity contribution in [3.05, 3.63) is 26.6 Å². The summed E-state index contributed by atoms with van der Waals surface area (Å²) in [7, 11) is -3.46. The van der Waals surface area contributed by atoms with E-state index in [1.165, 1.54) is 0 Å². The summed E-state index contributed by atoms with van der Waals surface area (Å²) in [6.45, 7) is 3.57. The van der Waals surface area contributed by atoms with E-state index >= 15 is 0 Å². The van der Waals surface area contributed by atoms with Gasteiger partial charge in [0.25, 0.3) is 0 Å². The third-order valence-corrected chi connectivity index (χ3v) is 5.28. The fourth-order valence-corrected chi connectivity index (χ4v) is 4.00.